The van der Waals surface area contributed by atoms with E-state index in [1.165, 1.54) is 22.5 Å². The number of hydrogen-bond donors (Lipinski definition) is 1. The zero-order valence-electron chi connectivity index (χ0n) is 13.6. The summed E-state index contributed by atoms with van der Waals surface area (Å²) in [6, 6.07) is 10.9. The van der Waals surface area contributed by atoms with Crippen molar-refractivity contribution >= 4 is 29.3 Å². The Balaban J connectivity index is 1.46. The summed E-state index contributed by atoms with van der Waals surface area (Å²) >= 11 is 7.39. The molecule has 0 atom stereocenters. The molecule has 6 nitrogen and oxygen atoms in total. The second kappa shape index (κ2) is 7.01. The Bertz CT molecular complexity index is 1030. The predicted octanol–water partition coefficient (Wildman–Crippen LogP) is 3.19. The first-order valence-electron chi connectivity index (χ1n) is 7.97. The number of rotatable bonds is 4. The number of nitrogens with one attached hydrogen (secondary N) is 1. The molecular formula is C18H14ClN3O3S. The molecule has 3 aromatic rings. The van der Waals surface area contributed by atoms with E-state index in [1.807, 2.05) is 18.2 Å². The van der Waals surface area contributed by atoms with E-state index in [0.29, 0.717) is 28.2 Å². The first-order valence-corrected chi connectivity index (χ1v) is 9.33. The average Bonchev–Trinajstić information content (AvgIpc) is 3.30. The molecule has 0 spiro atoms. The zero-order chi connectivity index (χ0) is 18.1. The molecule has 132 valence electrons. The van der Waals surface area contributed by atoms with Gasteiger partial charge < -0.3 is 9.73 Å². The molecule has 4 rings (SSSR count). The average molecular weight is 388 g/mol. The number of nitrogens with zero attached hydrogens (tertiary/aromatic N) is 2. The number of carbonyl (C=O) groups excluding carboxylic acids is 1. The van der Waals surface area contributed by atoms with Crippen molar-refractivity contribution in [2.24, 2.45) is 0 Å². The number of amides is 1. The van der Waals surface area contributed by atoms with Crippen LogP contribution in [0.2, 0.25) is 5.02 Å². The van der Waals surface area contributed by atoms with Crippen LogP contribution in [0.25, 0.3) is 11.3 Å². The molecule has 0 unspecified atom stereocenters. The van der Waals surface area contributed by atoms with Gasteiger partial charge in [-0.2, -0.15) is 0 Å². The lowest BCUT2D eigenvalue weighted by molar-refractivity contribution is 0.0945. The Labute approximate surface area is 158 Å². The highest BCUT2D eigenvalue weighted by Crippen LogP contribution is 2.24. The molecule has 1 amide bonds. The minimum absolute atomic E-state index is 0.0423. The van der Waals surface area contributed by atoms with Gasteiger partial charge in [0.2, 0.25) is 0 Å². The molecule has 0 fully saturated rings. The highest BCUT2D eigenvalue weighted by Gasteiger charge is 2.20. The Morgan fingerprint density at radius 1 is 1.27 bits per heavy atom. The molecule has 0 saturated carbocycles. The number of halogens is 1. The monoisotopic (exact) mass is 387 g/mol. The smallest absolute Gasteiger partial charge is 0.267 e. The van der Waals surface area contributed by atoms with E-state index in [-0.39, 0.29) is 17.7 Å². The zero-order valence-corrected chi connectivity index (χ0v) is 15.1. The molecule has 0 bridgehead atoms. The normalized spacial score (nSPS) is 12.8. The molecule has 0 radical (unpaired) electrons. The first kappa shape index (κ1) is 16.9. The van der Waals surface area contributed by atoms with Crippen LogP contribution in [-0.4, -0.2) is 21.2 Å². The van der Waals surface area contributed by atoms with E-state index in [2.05, 4.69) is 10.3 Å². The number of benzene rings is 1. The maximum atomic E-state index is 12.3. The Hall–Kier alpha value is -2.51. The molecule has 0 saturated heterocycles. The summed E-state index contributed by atoms with van der Waals surface area (Å²) in [5.74, 6) is 1.61. The third-order valence-corrected chi connectivity index (χ3v) is 5.24. The van der Waals surface area contributed by atoms with Gasteiger partial charge in [0.15, 0.2) is 5.16 Å². The van der Waals surface area contributed by atoms with Crippen molar-refractivity contribution in [3.05, 3.63) is 69.3 Å². The van der Waals surface area contributed by atoms with E-state index in [9.17, 15) is 9.59 Å². The summed E-state index contributed by atoms with van der Waals surface area (Å²) in [5, 5.41) is 4.02. The number of hydrogen-bond acceptors (Lipinski definition) is 5. The van der Waals surface area contributed by atoms with Gasteiger partial charge in [-0.3, -0.25) is 14.2 Å². The van der Waals surface area contributed by atoms with Crippen LogP contribution >= 0.6 is 23.4 Å². The summed E-state index contributed by atoms with van der Waals surface area (Å²) in [5.41, 5.74) is 0.630. The van der Waals surface area contributed by atoms with E-state index in [4.69, 9.17) is 16.0 Å². The Morgan fingerprint density at radius 3 is 2.88 bits per heavy atom. The quantitative estimate of drug-likeness (QED) is 0.695. The second-order valence-corrected chi connectivity index (χ2v) is 7.21. The van der Waals surface area contributed by atoms with Crippen molar-refractivity contribution in [3.63, 3.8) is 0 Å². The molecule has 2 aromatic heterocycles. The second-order valence-electron chi connectivity index (χ2n) is 5.72. The van der Waals surface area contributed by atoms with Crippen LogP contribution in [0.4, 0.5) is 0 Å². The first-order chi connectivity index (χ1) is 12.6. The van der Waals surface area contributed by atoms with Crippen molar-refractivity contribution in [2.45, 2.75) is 18.2 Å². The summed E-state index contributed by atoms with van der Waals surface area (Å²) in [6.07, 6.45) is 1.34. The minimum atomic E-state index is -0.459. The van der Waals surface area contributed by atoms with Crippen LogP contribution in [-0.2, 0) is 13.1 Å². The molecule has 1 aromatic carbocycles. The van der Waals surface area contributed by atoms with Crippen LogP contribution in [0, 0.1) is 0 Å². The van der Waals surface area contributed by atoms with Gasteiger partial charge in [0, 0.05) is 29.1 Å². The lowest BCUT2D eigenvalue weighted by Crippen LogP contribution is -2.33. The highest BCUT2D eigenvalue weighted by molar-refractivity contribution is 7.99. The van der Waals surface area contributed by atoms with Crippen molar-refractivity contribution in [1.82, 2.24) is 14.9 Å². The standard InChI is InChI=1S/C18H14ClN3O3S/c19-12-3-1-11(2-4-12)15-6-5-13(25-15)9-20-16(23)14-10-21-18-22(17(14)24)7-8-26-18/h1-6,10H,7-9H2,(H,20,23). The number of furan rings is 1. The molecule has 26 heavy (non-hydrogen) atoms. The summed E-state index contributed by atoms with van der Waals surface area (Å²) in [6.45, 7) is 0.762. The SMILES string of the molecule is O=C(NCc1ccc(-c2ccc(Cl)cc2)o1)c1cnc2n(c1=O)CCS2. The van der Waals surface area contributed by atoms with E-state index < -0.39 is 5.91 Å². The fourth-order valence-electron chi connectivity index (χ4n) is 2.68. The molecule has 8 heteroatoms. The minimum Gasteiger partial charge on any atom is -0.459 e. The third kappa shape index (κ3) is 3.27. The molecule has 3 heterocycles. The molecule has 1 N–H and O–H groups in total. The molecule has 0 aliphatic carbocycles. The van der Waals surface area contributed by atoms with E-state index in [0.717, 1.165) is 11.3 Å². The maximum absolute atomic E-state index is 12.3. The van der Waals surface area contributed by atoms with Gasteiger partial charge in [-0.25, -0.2) is 4.98 Å². The van der Waals surface area contributed by atoms with Gasteiger partial charge in [-0.05, 0) is 36.4 Å². The number of carbonyl (C=O) groups is 1. The predicted molar refractivity (Wildman–Crippen MR) is 99.5 cm³/mol. The van der Waals surface area contributed by atoms with Gasteiger partial charge in [0.1, 0.15) is 17.1 Å². The van der Waals surface area contributed by atoms with E-state index in [1.54, 1.807) is 18.2 Å². The summed E-state index contributed by atoms with van der Waals surface area (Å²) < 4.78 is 7.27. The Kier molecular flexibility index (Phi) is 4.57. The van der Waals surface area contributed by atoms with Crippen LogP contribution < -0.4 is 10.9 Å². The summed E-state index contributed by atoms with van der Waals surface area (Å²) in [7, 11) is 0. The van der Waals surface area contributed by atoms with Crippen LogP contribution in [0.3, 0.4) is 0 Å². The number of fused-ring (bicyclic) bond motifs is 1. The number of aromatic nitrogens is 2. The lowest BCUT2D eigenvalue weighted by atomic mass is 10.2. The largest absolute Gasteiger partial charge is 0.459 e. The van der Waals surface area contributed by atoms with Gasteiger partial charge in [0.25, 0.3) is 11.5 Å². The van der Waals surface area contributed by atoms with E-state index >= 15 is 0 Å². The third-order valence-electron chi connectivity index (χ3n) is 4.01. The van der Waals surface area contributed by atoms with Gasteiger partial charge in [-0.1, -0.05) is 23.4 Å². The van der Waals surface area contributed by atoms with Gasteiger partial charge in [-0.15, -0.1) is 0 Å². The molecular weight excluding hydrogens is 374 g/mol. The van der Waals surface area contributed by atoms with Crippen LogP contribution in [0.1, 0.15) is 16.1 Å². The van der Waals surface area contributed by atoms with Crippen LogP contribution in [0.15, 0.2) is 57.0 Å². The van der Waals surface area contributed by atoms with Crippen molar-refractivity contribution in [2.75, 3.05) is 5.75 Å². The highest BCUT2D eigenvalue weighted by atomic mass is 35.5. The Morgan fingerprint density at radius 2 is 2.08 bits per heavy atom. The fourth-order valence-corrected chi connectivity index (χ4v) is 3.72. The maximum Gasteiger partial charge on any atom is 0.267 e. The summed E-state index contributed by atoms with van der Waals surface area (Å²) in [4.78, 5) is 28.8. The van der Waals surface area contributed by atoms with Gasteiger partial charge >= 0.3 is 0 Å². The topological polar surface area (TPSA) is 77.1 Å². The molecule has 1 aliphatic heterocycles. The fraction of sp³-hybridized carbons (Fsp3) is 0.167. The molecule has 1 aliphatic rings. The lowest BCUT2D eigenvalue weighted by Gasteiger charge is -2.05. The van der Waals surface area contributed by atoms with Crippen molar-refractivity contribution < 1.29 is 9.21 Å². The van der Waals surface area contributed by atoms with Gasteiger partial charge in [0.05, 0.1) is 6.54 Å². The number of thioether (sulfide) groups is 1. The van der Waals surface area contributed by atoms with Crippen molar-refractivity contribution in [3.8, 4) is 11.3 Å². The van der Waals surface area contributed by atoms with Crippen molar-refractivity contribution in [1.29, 1.82) is 0 Å². The van der Waals surface area contributed by atoms with Crippen LogP contribution in [0.5, 0.6) is 0 Å².